The highest BCUT2D eigenvalue weighted by Gasteiger charge is 2.33. The molecule has 6 nitrogen and oxygen atoms in total. The number of alkyl halides is 3. The normalized spacial score (nSPS) is 12.8. The van der Waals surface area contributed by atoms with E-state index in [4.69, 9.17) is 5.73 Å². The van der Waals surface area contributed by atoms with Gasteiger partial charge in [0.15, 0.2) is 5.69 Å². The van der Waals surface area contributed by atoms with Crippen LogP contribution in [0.5, 0.6) is 0 Å². The number of nitrogen functional groups attached to an aromatic ring is 1. The Kier molecular flexibility index (Phi) is 5.74. The maximum absolute atomic E-state index is 12.5. The molecule has 1 rings (SSSR count). The van der Waals surface area contributed by atoms with Crippen molar-refractivity contribution < 1.29 is 18.0 Å². The summed E-state index contributed by atoms with van der Waals surface area (Å²) in [4.78, 5) is 18.3. The molecule has 0 fully saturated rings. The average molecular weight is 305 g/mol. The second-order valence-electron chi connectivity index (χ2n) is 4.55. The molecular weight excluding hydrogens is 287 g/mol. The summed E-state index contributed by atoms with van der Waals surface area (Å²) in [6.45, 7) is 3.95. The molecule has 0 aliphatic carbocycles. The molecule has 9 heteroatoms. The molecule has 0 bridgehead atoms. The van der Waals surface area contributed by atoms with E-state index in [0.29, 0.717) is 0 Å². The van der Waals surface area contributed by atoms with Gasteiger partial charge in [-0.05, 0) is 13.3 Å². The summed E-state index contributed by atoms with van der Waals surface area (Å²) in [7, 11) is 0. The summed E-state index contributed by atoms with van der Waals surface area (Å²) < 4.78 is 37.6. The smallest absolute Gasteiger partial charge is 0.369 e. The molecule has 1 aromatic rings. The molecule has 0 saturated heterocycles. The Bertz CT molecular complexity index is 492. The van der Waals surface area contributed by atoms with Crippen molar-refractivity contribution in [3.05, 3.63) is 11.8 Å². The minimum atomic E-state index is -4.60. The van der Waals surface area contributed by atoms with Crippen molar-refractivity contribution in [2.45, 2.75) is 38.9 Å². The average Bonchev–Trinajstić information content (AvgIpc) is 2.36. The van der Waals surface area contributed by atoms with Gasteiger partial charge in [-0.1, -0.05) is 6.92 Å². The van der Waals surface area contributed by atoms with Crippen molar-refractivity contribution in [3.63, 3.8) is 0 Å². The minimum Gasteiger partial charge on any atom is -0.369 e. The molecule has 0 saturated carbocycles. The molecule has 1 heterocycles. The van der Waals surface area contributed by atoms with Crippen molar-refractivity contribution in [2.24, 2.45) is 0 Å². The zero-order valence-corrected chi connectivity index (χ0v) is 11.8. The molecule has 1 atom stereocenters. The van der Waals surface area contributed by atoms with Crippen LogP contribution in [-0.4, -0.2) is 28.5 Å². The summed E-state index contributed by atoms with van der Waals surface area (Å²) in [6, 6.07) is 0.812. The fraction of sp³-hybridized carbons (Fsp3) is 0.583. The summed E-state index contributed by atoms with van der Waals surface area (Å²) in [6.07, 6.45) is -3.67. The molecular formula is C12H18F3N5O. The van der Waals surface area contributed by atoms with Gasteiger partial charge in [0.2, 0.25) is 11.9 Å². The fourth-order valence-electron chi connectivity index (χ4n) is 1.45. The zero-order valence-electron chi connectivity index (χ0n) is 11.8. The van der Waals surface area contributed by atoms with Crippen LogP contribution in [0, 0.1) is 0 Å². The van der Waals surface area contributed by atoms with Gasteiger partial charge in [0.05, 0.1) is 0 Å². The highest BCUT2D eigenvalue weighted by Crippen LogP contribution is 2.29. The van der Waals surface area contributed by atoms with Gasteiger partial charge < -0.3 is 16.4 Å². The third-order valence-electron chi connectivity index (χ3n) is 2.71. The topological polar surface area (TPSA) is 92.9 Å². The van der Waals surface area contributed by atoms with E-state index in [1.165, 1.54) is 0 Å². The molecule has 1 amide bonds. The molecule has 4 N–H and O–H groups in total. The Morgan fingerprint density at radius 2 is 2.10 bits per heavy atom. The van der Waals surface area contributed by atoms with Gasteiger partial charge in [-0.3, -0.25) is 4.79 Å². The van der Waals surface area contributed by atoms with Crippen LogP contribution in [0.2, 0.25) is 0 Å². The molecule has 0 aliphatic heterocycles. The Hall–Kier alpha value is -2.06. The maximum atomic E-state index is 12.5. The van der Waals surface area contributed by atoms with Crippen LogP contribution in [0.25, 0.3) is 0 Å². The lowest BCUT2D eigenvalue weighted by Crippen LogP contribution is -2.33. The molecule has 118 valence electrons. The van der Waals surface area contributed by atoms with Crippen LogP contribution in [0.1, 0.15) is 32.4 Å². The molecule has 1 aromatic heterocycles. The molecule has 0 spiro atoms. The Balaban J connectivity index is 2.56. The summed E-state index contributed by atoms with van der Waals surface area (Å²) in [5, 5.41) is 5.37. The van der Waals surface area contributed by atoms with Crippen molar-refractivity contribution in [1.82, 2.24) is 15.3 Å². The first-order chi connectivity index (χ1) is 9.72. The Morgan fingerprint density at radius 1 is 1.43 bits per heavy atom. The van der Waals surface area contributed by atoms with E-state index in [-0.39, 0.29) is 30.7 Å². The van der Waals surface area contributed by atoms with Crippen LogP contribution in [0.3, 0.4) is 0 Å². The standard InChI is InChI=1S/C12H18F3N5O/c1-3-7(2)18-10(21)4-5-17-9-6-8(12(13,14)15)19-11(16)20-9/h6-7H,3-5H2,1-2H3,(H,18,21)(H3,16,17,19,20). The molecule has 1 unspecified atom stereocenters. The second-order valence-corrected chi connectivity index (χ2v) is 4.55. The predicted molar refractivity (Wildman–Crippen MR) is 72.4 cm³/mol. The first kappa shape index (κ1) is 17.0. The van der Waals surface area contributed by atoms with Crippen LogP contribution in [-0.2, 0) is 11.0 Å². The first-order valence-corrected chi connectivity index (χ1v) is 6.47. The van der Waals surface area contributed by atoms with Gasteiger partial charge in [-0.2, -0.15) is 18.2 Å². The van der Waals surface area contributed by atoms with Gasteiger partial charge in [0, 0.05) is 25.1 Å². The van der Waals surface area contributed by atoms with E-state index in [1.807, 2.05) is 13.8 Å². The second kappa shape index (κ2) is 7.09. The van der Waals surface area contributed by atoms with Crippen molar-refractivity contribution in [1.29, 1.82) is 0 Å². The van der Waals surface area contributed by atoms with E-state index in [1.54, 1.807) is 0 Å². The lowest BCUT2D eigenvalue weighted by molar-refractivity contribution is -0.141. The first-order valence-electron chi connectivity index (χ1n) is 6.47. The zero-order chi connectivity index (χ0) is 16.0. The number of hydrogen-bond acceptors (Lipinski definition) is 5. The number of aromatic nitrogens is 2. The number of nitrogens with zero attached hydrogens (tertiary/aromatic N) is 2. The molecule has 0 aliphatic rings. The summed E-state index contributed by atoms with van der Waals surface area (Å²) in [5.41, 5.74) is 4.11. The lowest BCUT2D eigenvalue weighted by Gasteiger charge is -2.12. The Labute approximate surface area is 120 Å². The maximum Gasteiger partial charge on any atom is 0.433 e. The number of halogens is 3. The van der Waals surface area contributed by atoms with E-state index in [9.17, 15) is 18.0 Å². The largest absolute Gasteiger partial charge is 0.433 e. The van der Waals surface area contributed by atoms with Crippen molar-refractivity contribution >= 4 is 17.7 Å². The third-order valence-corrected chi connectivity index (χ3v) is 2.71. The number of rotatable bonds is 6. The predicted octanol–water partition coefficient (Wildman–Crippen LogP) is 1.79. The SMILES string of the molecule is CCC(C)NC(=O)CCNc1cc(C(F)(F)F)nc(N)n1. The van der Waals surface area contributed by atoms with E-state index >= 15 is 0 Å². The summed E-state index contributed by atoms with van der Waals surface area (Å²) in [5.74, 6) is -0.725. The van der Waals surface area contributed by atoms with Gasteiger partial charge in [-0.15, -0.1) is 0 Å². The van der Waals surface area contributed by atoms with E-state index in [0.717, 1.165) is 12.5 Å². The van der Waals surface area contributed by atoms with Gasteiger partial charge in [-0.25, -0.2) is 4.98 Å². The van der Waals surface area contributed by atoms with Crippen LogP contribution in [0.15, 0.2) is 6.07 Å². The third kappa shape index (κ3) is 5.84. The number of hydrogen-bond donors (Lipinski definition) is 3. The lowest BCUT2D eigenvalue weighted by atomic mass is 10.2. The number of carbonyl (C=O) groups excluding carboxylic acids is 1. The van der Waals surface area contributed by atoms with E-state index < -0.39 is 17.8 Å². The van der Waals surface area contributed by atoms with Crippen LogP contribution >= 0.6 is 0 Å². The van der Waals surface area contributed by atoms with Gasteiger partial charge >= 0.3 is 6.18 Å². The molecule has 21 heavy (non-hydrogen) atoms. The molecule has 0 aromatic carbocycles. The van der Waals surface area contributed by atoms with Gasteiger partial charge in [0.1, 0.15) is 5.82 Å². The number of anilines is 2. The highest BCUT2D eigenvalue weighted by molar-refractivity contribution is 5.76. The highest BCUT2D eigenvalue weighted by atomic mass is 19.4. The van der Waals surface area contributed by atoms with Crippen molar-refractivity contribution in [2.75, 3.05) is 17.6 Å². The number of nitrogens with one attached hydrogen (secondary N) is 2. The van der Waals surface area contributed by atoms with E-state index in [2.05, 4.69) is 20.6 Å². The summed E-state index contributed by atoms with van der Waals surface area (Å²) >= 11 is 0. The monoisotopic (exact) mass is 305 g/mol. The number of nitrogens with two attached hydrogens (primary N) is 1. The number of amides is 1. The quantitative estimate of drug-likeness (QED) is 0.745. The Morgan fingerprint density at radius 3 is 2.67 bits per heavy atom. The van der Waals surface area contributed by atoms with Crippen molar-refractivity contribution in [3.8, 4) is 0 Å². The van der Waals surface area contributed by atoms with Gasteiger partial charge in [0.25, 0.3) is 0 Å². The molecule has 0 radical (unpaired) electrons. The fourth-order valence-corrected chi connectivity index (χ4v) is 1.45. The number of carbonyl (C=O) groups is 1. The minimum absolute atomic E-state index is 0.0593. The van der Waals surface area contributed by atoms with Crippen LogP contribution < -0.4 is 16.4 Å². The van der Waals surface area contributed by atoms with Crippen LogP contribution in [0.4, 0.5) is 24.9 Å².